The van der Waals surface area contributed by atoms with Gasteiger partial charge in [0.2, 0.25) is 11.1 Å². The number of thioether (sulfide) groups is 1. The summed E-state index contributed by atoms with van der Waals surface area (Å²) >= 11 is 2.62. The molecule has 2 aromatic heterocycles. The summed E-state index contributed by atoms with van der Waals surface area (Å²) in [7, 11) is 1.43. The molecule has 0 aliphatic carbocycles. The van der Waals surface area contributed by atoms with Crippen molar-refractivity contribution in [2.45, 2.75) is 17.3 Å². The first kappa shape index (κ1) is 15.3. The first-order chi connectivity index (χ1) is 10.0. The Bertz CT molecular complexity index is 639. The van der Waals surface area contributed by atoms with Crippen LogP contribution in [0, 0.1) is 0 Å². The highest BCUT2D eigenvalue weighted by atomic mass is 32.2. The minimum Gasteiger partial charge on any atom is -0.341 e. The Labute approximate surface area is 129 Å². The number of imide groups is 1. The maximum absolute atomic E-state index is 11.8. The van der Waals surface area contributed by atoms with E-state index in [-0.39, 0.29) is 0 Å². The van der Waals surface area contributed by atoms with E-state index < -0.39 is 17.2 Å². The third-order valence-electron chi connectivity index (χ3n) is 2.52. The number of aromatic nitrogens is 3. The highest BCUT2D eigenvalue weighted by molar-refractivity contribution is 8.00. The molecule has 0 radical (unpaired) electrons. The zero-order valence-electron chi connectivity index (χ0n) is 11.4. The van der Waals surface area contributed by atoms with Gasteiger partial charge in [-0.1, -0.05) is 17.8 Å². The van der Waals surface area contributed by atoms with Crippen molar-refractivity contribution < 1.29 is 9.59 Å². The van der Waals surface area contributed by atoms with Crippen molar-refractivity contribution in [3.63, 3.8) is 0 Å². The third-order valence-corrected chi connectivity index (χ3v) is 4.44. The summed E-state index contributed by atoms with van der Waals surface area (Å²) in [6, 6.07) is 3.22. The fourth-order valence-corrected chi connectivity index (χ4v) is 2.89. The quantitative estimate of drug-likeness (QED) is 0.561. The largest absolute Gasteiger partial charge is 0.341 e. The van der Waals surface area contributed by atoms with E-state index in [0.717, 1.165) is 16.6 Å². The van der Waals surface area contributed by atoms with Crippen LogP contribution >= 0.6 is 23.1 Å². The van der Waals surface area contributed by atoms with E-state index in [1.54, 1.807) is 6.92 Å². The van der Waals surface area contributed by atoms with Gasteiger partial charge in [-0.2, -0.15) is 0 Å². The summed E-state index contributed by atoms with van der Waals surface area (Å²) in [6.45, 7) is 1.66. The van der Waals surface area contributed by atoms with E-state index in [1.165, 1.54) is 23.1 Å². The van der Waals surface area contributed by atoms with E-state index in [2.05, 4.69) is 20.8 Å². The Hall–Kier alpha value is -2.07. The fraction of sp³-hybridized carbons (Fsp3) is 0.273. The van der Waals surface area contributed by atoms with E-state index in [0.29, 0.717) is 11.0 Å². The number of carbonyl (C=O) groups excluding carboxylic acids is 2. The molecular formula is C11H14N6O2S2. The first-order valence-electron chi connectivity index (χ1n) is 5.96. The Morgan fingerprint density at radius 3 is 2.86 bits per heavy atom. The molecule has 1 atom stereocenters. The number of hydrogen-bond acceptors (Lipinski definition) is 7. The maximum atomic E-state index is 11.8. The van der Waals surface area contributed by atoms with Crippen LogP contribution in [0.3, 0.4) is 0 Å². The molecule has 2 heterocycles. The lowest BCUT2D eigenvalue weighted by molar-refractivity contribution is -0.119. The third kappa shape index (κ3) is 3.52. The van der Waals surface area contributed by atoms with Gasteiger partial charge < -0.3 is 11.2 Å². The summed E-state index contributed by atoms with van der Waals surface area (Å²) in [4.78, 5) is 23.8. The van der Waals surface area contributed by atoms with Gasteiger partial charge in [0.25, 0.3) is 0 Å². The van der Waals surface area contributed by atoms with Crippen LogP contribution in [0.1, 0.15) is 6.92 Å². The van der Waals surface area contributed by atoms with Gasteiger partial charge in [-0.3, -0.25) is 10.1 Å². The van der Waals surface area contributed by atoms with Crippen LogP contribution in [0.5, 0.6) is 0 Å². The second kappa shape index (κ2) is 6.59. The highest BCUT2D eigenvalue weighted by Crippen LogP contribution is 2.27. The van der Waals surface area contributed by atoms with E-state index in [1.807, 2.05) is 17.5 Å². The summed E-state index contributed by atoms with van der Waals surface area (Å²) in [5, 5.41) is 14.3. The number of urea groups is 1. The molecule has 0 aliphatic rings. The number of nitrogens with zero attached hydrogens (tertiary/aromatic N) is 3. The highest BCUT2D eigenvalue weighted by Gasteiger charge is 2.21. The smallest absolute Gasteiger partial charge is 0.321 e. The topological polar surface area (TPSA) is 115 Å². The van der Waals surface area contributed by atoms with Crippen LogP contribution in [0.4, 0.5) is 4.79 Å². The summed E-state index contributed by atoms with van der Waals surface area (Å²) in [6.07, 6.45) is 0. The van der Waals surface area contributed by atoms with Gasteiger partial charge >= 0.3 is 6.03 Å². The molecule has 0 aliphatic heterocycles. The molecule has 4 N–H and O–H groups in total. The average Bonchev–Trinajstić information content (AvgIpc) is 3.09. The minimum atomic E-state index is -0.555. The van der Waals surface area contributed by atoms with Crippen molar-refractivity contribution >= 4 is 35.0 Å². The molecule has 21 heavy (non-hydrogen) atoms. The normalized spacial score (nSPS) is 11.9. The van der Waals surface area contributed by atoms with Gasteiger partial charge in [-0.15, -0.1) is 21.5 Å². The molecule has 0 spiro atoms. The van der Waals surface area contributed by atoms with Crippen molar-refractivity contribution in [1.82, 2.24) is 25.5 Å². The van der Waals surface area contributed by atoms with Crippen molar-refractivity contribution in [3.05, 3.63) is 17.5 Å². The van der Waals surface area contributed by atoms with Gasteiger partial charge in [0, 0.05) is 7.05 Å². The van der Waals surface area contributed by atoms with Crippen molar-refractivity contribution in [1.29, 1.82) is 0 Å². The molecule has 0 saturated heterocycles. The number of carbonyl (C=O) groups is 2. The molecular weight excluding hydrogens is 312 g/mol. The number of hydrogen-bond donors (Lipinski definition) is 3. The zero-order chi connectivity index (χ0) is 15.4. The van der Waals surface area contributed by atoms with Gasteiger partial charge in [0.1, 0.15) is 0 Å². The van der Waals surface area contributed by atoms with Gasteiger partial charge in [-0.25, -0.2) is 9.47 Å². The Morgan fingerprint density at radius 2 is 2.24 bits per heavy atom. The summed E-state index contributed by atoms with van der Waals surface area (Å²) in [5.74, 6) is 6.04. The SMILES string of the molecule is CNC(=O)NC(=O)[C@H](C)Sc1nnc(-c2cccs2)n1N. The van der Waals surface area contributed by atoms with Crippen LogP contribution < -0.4 is 16.5 Å². The van der Waals surface area contributed by atoms with Crippen LogP contribution in [0.2, 0.25) is 0 Å². The monoisotopic (exact) mass is 326 g/mol. The fourth-order valence-electron chi connectivity index (χ4n) is 1.42. The molecule has 0 unspecified atom stereocenters. The lowest BCUT2D eigenvalue weighted by Crippen LogP contribution is -2.41. The number of nitrogens with two attached hydrogens (primary N) is 1. The molecule has 112 valence electrons. The van der Waals surface area contributed by atoms with Crippen molar-refractivity contribution in [2.24, 2.45) is 0 Å². The predicted octanol–water partition coefficient (Wildman–Crippen LogP) is 0.657. The second-order valence-electron chi connectivity index (χ2n) is 3.98. The second-order valence-corrected chi connectivity index (χ2v) is 6.24. The summed E-state index contributed by atoms with van der Waals surface area (Å²) in [5.41, 5.74) is 0. The lowest BCUT2D eigenvalue weighted by Gasteiger charge is -2.10. The van der Waals surface area contributed by atoms with Crippen molar-refractivity contribution in [2.75, 3.05) is 12.9 Å². The van der Waals surface area contributed by atoms with Gasteiger partial charge in [0.05, 0.1) is 10.1 Å². The van der Waals surface area contributed by atoms with Crippen LogP contribution in [0.25, 0.3) is 10.7 Å². The number of nitrogen functional groups attached to an aromatic ring is 1. The number of amides is 3. The number of thiophene rings is 1. The van der Waals surface area contributed by atoms with E-state index in [4.69, 9.17) is 5.84 Å². The van der Waals surface area contributed by atoms with Crippen LogP contribution in [0.15, 0.2) is 22.7 Å². The number of rotatable bonds is 4. The predicted molar refractivity (Wildman–Crippen MR) is 81.4 cm³/mol. The van der Waals surface area contributed by atoms with E-state index >= 15 is 0 Å². The molecule has 0 bridgehead atoms. The molecule has 0 fully saturated rings. The maximum Gasteiger partial charge on any atom is 0.321 e. The Balaban J connectivity index is 2.07. The molecule has 0 saturated carbocycles. The minimum absolute atomic E-state index is 0.401. The molecule has 10 heteroatoms. The zero-order valence-corrected chi connectivity index (χ0v) is 13.0. The first-order valence-corrected chi connectivity index (χ1v) is 7.72. The molecule has 2 aromatic rings. The summed E-state index contributed by atoms with van der Waals surface area (Å²) < 4.78 is 1.33. The average molecular weight is 326 g/mol. The van der Waals surface area contributed by atoms with Crippen LogP contribution in [-0.2, 0) is 4.79 Å². The molecule has 3 amide bonds. The molecule has 0 aromatic carbocycles. The van der Waals surface area contributed by atoms with Crippen LogP contribution in [-0.4, -0.2) is 39.1 Å². The number of nitrogens with one attached hydrogen (secondary N) is 2. The lowest BCUT2D eigenvalue weighted by atomic mass is 10.4. The standard InChI is InChI=1S/C11H14N6O2S2/c1-6(9(18)14-10(19)13-2)21-11-16-15-8(17(11)12)7-4-3-5-20-7/h3-6H,12H2,1-2H3,(H2,13,14,18,19)/t6-/m0/s1. The molecule has 8 nitrogen and oxygen atoms in total. The van der Waals surface area contributed by atoms with Crippen molar-refractivity contribution in [3.8, 4) is 10.7 Å². The van der Waals surface area contributed by atoms with E-state index in [9.17, 15) is 9.59 Å². The molecule has 2 rings (SSSR count). The van der Waals surface area contributed by atoms with Gasteiger partial charge in [0.15, 0.2) is 5.82 Å². The van der Waals surface area contributed by atoms with Gasteiger partial charge in [-0.05, 0) is 18.4 Å². The Kier molecular flexibility index (Phi) is 4.81. The Morgan fingerprint density at radius 1 is 1.48 bits per heavy atom.